The Morgan fingerprint density at radius 1 is 1.45 bits per heavy atom. The van der Waals surface area contributed by atoms with Gasteiger partial charge in [0.2, 0.25) is 11.8 Å². The Morgan fingerprint density at radius 3 is 3.05 bits per heavy atom. The fraction of sp³-hybridized carbons (Fsp3) is 0.231. The zero-order valence-corrected chi connectivity index (χ0v) is 13.5. The number of aryl methyl sites for hydroxylation is 1. The molecule has 2 aromatic heterocycles. The Morgan fingerprint density at radius 2 is 2.32 bits per heavy atom. The molecule has 0 atom stereocenters. The number of hydrogen-bond acceptors (Lipinski definition) is 8. The molecular formula is C13H12N4O3S2. The normalized spacial score (nSPS) is 10.8. The average molecular weight is 336 g/mol. The van der Waals surface area contributed by atoms with Gasteiger partial charge in [0.25, 0.3) is 5.22 Å². The van der Waals surface area contributed by atoms with E-state index in [0.717, 1.165) is 16.0 Å². The molecule has 7 nitrogen and oxygen atoms in total. The molecule has 0 fully saturated rings. The summed E-state index contributed by atoms with van der Waals surface area (Å²) < 4.78 is 11.3. The van der Waals surface area contributed by atoms with Gasteiger partial charge in [0, 0.05) is 6.92 Å². The summed E-state index contributed by atoms with van der Waals surface area (Å²) in [5, 5.41) is 11.2. The second-order valence-electron chi connectivity index (χ2n) is 4.28. The van der Waals surface area contributed by atoms with Gasteiger partial charge in [-0.3, -0.25) is 4.79 Å². The highest BCUT2D eigenvalue weighted by molar-refractivity contribution is 7.99. The molecule has 0 aliphatic carbocycles. The first-order valence-corrected chi connectivity index (χ1v) is 8.11. The van der Waals surface area contributed by atoms with Crippen LogP contribution < -0.4 is 10.1 Å². The van der Waals surface area contributed by atoms with E-state index in [1.807, 2.05) is 18.2 Å². The number of hydrogen-bond donors (Lipinski definition) is 1. The molecule has 9 heteroatoms. The number of rotatable bonds is 5. The summed E-state index contributed by atoms with van der Waals surface area (Å²) in [6.07, 6.45) is 0. The molecule has 0 saturated heterocycles. The summed E-state index contributed by atoms with van der Waals surface area (Å²) in [7, 11) is 1.61. The number of carbonyl (C=O) groups excluding carboxylic acids is 1. The highest BCUT2D eigenvalue weighted by Gasteiger charge is 2.11. The molecule has 2 heterocycles. The first-order chi connectivity index (χ1) is 10.6. The molecule has 1 amide bonds. The van der Waals surface area contributed by atoms with Crippen LogP contribution in [0.2, 0.25) is 0 Å². The summed E-state index contributed by atoms with van der Waals surface area (Å²) in [6, 6.07) is 5.58. The molecule has 0 spiro atoms. The summed E-state index contributed by atoms with van der Waals surface area (Å²) in [5.74, 6) is 1.24. The molecule has 3 aromatic rings. The largest absolute Gasteiger partial charge is 0.497 e. The molecule has 0 aliphatic rings. The predicted molar refractivity (Wildman–Crippen MR) is 84.6 cm³/mol. The number of fused-ring (bicyclic) bond motifs is 1. The van der Waals surface area contributed by atoms with Gasteiger partial charge in [-0.15, -0.1) is 10.2 Å². The number of carbonyl (C=O) groups is 1. The summed E-state index contributed by atoms with van der Waals surface area (Å²) in [4.78, 5) is 16.3. The first-order valence-electron chi connectivity index (χ1n) is 6.31. The Bertz CT molecular complexity index is 815. The van der Waals surface area contributed by atoms with E-state index < -0.39 is 0 Å². The Labute approximate surface area is 134 Å². The van der Waals surface area contributed by atoms with Crippen LogP contribution in [-0.2, 0) is 4.79 Å². The van der Waals surface area contributed by atoms with E-state index in [4.69, 9.17) is 9.15 Å². The van der Waals surface area contributed by atoms with Crippen LogP contribution in [0.15, 0.2) is 27.8 Å². The zero-order chi connectivity index (χ0) is 15.5. The fourth-order valence-corrected chi connectivity index (χ4v) is 3.22. The third-order valence-electron chi connectivity index (χ3n) is 2.68. The van der Waals surface area contributed by atoms with E-state index >= 15 is 0 Å². The van der Waals surface area contributed by atoms with E-state index in [-0.39, 0.29) is 11.7 Å². The van der Waals surface area contributed by atoms with Crippen molar-refractivity contribution in [1.29, 1.82) is 0 Å². The van der Waals surface area contributed by atoms with Gasteiger partial charge >= 0.3 is 0 Å². The minimum absolute atomic E-state index is 0.174. The number of thioether (sulfide) groups is 1. The van der Waals surface area contributed by atoms with Crippen LogP contribution in [0.5, 0.6) is 5.75 Å². The maximum Gasteiger partial charge on any atom is 0.277 e. The van der Waals surface area contributed by atoms with E-state index in [1.165, 1.54) is 23.1 Å². The monoisotopic (exact) mass is 336 g/mol. The van der Waals surface area contributed by atoms with Crippen molar-refractivity contribution >= 4 is 44.4 Å². The van der Waals surface area contributed by atoms with Crippen LogP contribution in [0, 0.1) is 6.92 Å². The smallest absolute Gasteiger partial charge is 0.277 e. The van der Waals surface area contributed by atoms with Gasteiger partial charge in [0.1, 0.15) is 5.75 Å². The van der Waals surface area contributed by atoms with Crippen molar-refractivity contribution in [2.45, 2.75) is 12.1 Å². The zero-order valence-electron chi connectivity index (χ0n) is 11.8. The van der Waals surface area contributed by atoms with Crippen LogP contribution >= 0.6 is 23.1 Å². The van der Waals surface area contributed by atoms with Crippen LogP contribution in [0.25, 0.3) is 10.2 Å². The summed E-state index contributed by atoms with van der Waals surface area (Å²) >= 11 is 2.58. The van der Waals surface area contributed by atoms with Crippen molar-refractivity contribution in [2.75, 3.05) is 18.2 Å². The first kappa shape index (κ1) is 14.8. The lowest BCUT2D eigenvalue weighted by atomic mass is 10.3. The molecule has 114 valence electrons. The highest BCUT2D eigenvalue weighted by Crippen LogP contribution is 2.29. The third-order valence-corrected chi connectivity index (χ3v) is 4.43. The Hall–Kier alpha value is -2.13. The van der Waals surface area contributed by atoms with Crippen molar-refractivity contribution in [1.82, 2.24) is 15.2 Å². The minimum atomic E-state index is -0.174. The number of amides is 1. The SMILES string of the molecule is COc1ccc2nc(NC(=O)CSc3nnc(C)o3)sc2c1. The van der Waals surface area contributed by atoms with E-state index in [9.17, 15) is 4.79 Å². The van der Waals surface area contributed by atoms with Crippen LogP contribution in [0.1, 0.15) is 5.89 Å². The van der Waals surface area contributed by atoms with Gasteiger partial charge in [0.15, 0.2) is 5.13 Å². The molecule has 0 radical (unpaired) electrons. The number of methoxy groups -OCH3 is 1. The molecular weight excluding hydrogens is 324 g/mol. The molecule has 0 unspecified atom stereocenters. The van der Waals surface area contributed by atoms with Gasteiger partial charge in [-0.05, 0) is 18.2 Å². The van der Waals surface area contributed by atoms with Crippen molar-refractivity contribution in [3.63, 3.8) is 0 Å². The van der Waals surface area contributed by atoms with Crippen LogP contribution in [0.4, 0.5) is 5.13 Å². The van der Waals surface area contributed by atoms with E-state index in [0.29, 0.717) is 16.2 Å². The standard InChI is InChI=1S/C13H12N4O3S2/c1-7-16-17-13(20-7)21-6-11(18)15-12-14-9-4-3-8(19-2)5-10(9)22-12/h3-5H,6H2,1-2H3,(H,14,15,18). The summed E-state index contributed by atoms with van der Waals surface area (Å²) in [5.41, 5.74) is 0.821. The lowest BCUT2D eigenvalue weighted by Crippen LogP contribution is -2.13. The molecule has 22 heavy (non-hydrogen) atoms. The molecule has 3 rings (SSSR count). The molecule has 0 bridgehead atoms. The molecule has 1 aromatic carbocycles. The minimum Gasteiger partial charge on any atom is -0.497 e. The maximum atomic E-state index is 11.9. The Balaban J connectivity index is 1.63. The number of nitrogens with zero attached hydrogens (tertiary/aromatic N) is 3. The van der Waals surface area contributed by atoms with Crippen molar-refractivity contribution in [3.05, 3.63) is 24.1 Å². The van der Waals surface area contributed by atoms with Crippen molar-refractivity contribution in [2.24, 2.45) is 0 Å². The van der Waals surface area contributed by atoms with Crippen LogP contribution in [0.3, 0.4) is 0 Å². The van der Waals surface area contributed by atoms with Gasteiger partial charge in [0.05, 0.1) is 23.1 Å². The van der Waals surface area contributed by atoms with Gasteiger partial charge in [-0.25, -0.2) is 4.98 Å². The van der Waals surface area contributed by atoms with Gasteiger partial charge < -0.3 is 14.5 Å². The number of benzene rings is 1. The number of aromatic nitrogens is 3. The fourth-order valence-electron chi connectivity index (χ4n) is 1.70. The van der Waals surface area contributed by atoms with Gasteiger partial charge in [-0.2, -0.15) is 0 Å². The molecule has 0 saturated carbocycles. The second-order valence-corrected chi connectivity index (χ2v) is 6.23. The predicted octanol–water partition coefficient (Wildman–Crippen LogP) is 2.73. The Kier molecular flexibility index (Phi) is 4.25. The average Bonchev–Trinajstić information content (AvgIpc) is 3.09. The molecule has 1 N–H and O–H groups in total. The second kappa shape index (κ2) is 6.32. The lowest BCUT2D eigenvalue weighted by Gasteiger charge is -1.98. The molecule has 0 aliphatic heterocycles. The number of nitrogens with one attached hydrogen (secondary N) is 1. The highest BCUT2D eigenvalue weighted by atomic mass is 32.2. The van der Waals surface area contributed by atoms with E-state index in [1.54, 1.807) is 14.0 Å². The summed E-state index contributed by atoms with van der Waals surface area (Å²) in [6.45, 7) is 1.70. The number of anilines is 1. The van der Waals surface area contributed by atoms with Gasteiger partial charge in [-0.1, -0.05) is 23.1 Å². The van der Waals surface area contributed by atoms with Crippen LogP contribution in [-0.4, -0.2) is 34.0 Å². The number of thiazole rings is 1. The van der Waals surface area contributed by atoms with E-state index in [2.05, 4.69) is 20.5 Å². The quantitative estimate of drug-likeness (QED) is 0.716. The third kappa shape index (κ3) is 3.37. The lowest BCUT2D eigenvalue weighted by molar-refractivity contribution is -0.113. The maximum absolute atomic E-state index is 11.9. The van der Waals surface area contributed by atoms with Crippen molar-refractivity contribution in [3.8, 4) is 5.75 Å². The topological polar surface area (TPSA) is 90.1 Å². The van der Waals surface area contributed by atoms with Crippen molar-refractivity contribution < 1.29 is 13.9 Å². The number of ether oxygens (including phenoxy) is 1.